The summed E-state index contributed by atoms with van der Waals surface area (Å²) in [6.45, 7) is 0. The Morgan fingerprint density at radius 3 is 1.19 bits per heavy atom. The number of nitrogens with one attached hydrogen (secondary N) is 4. The third kappa shape index (κ3) is 9.70. The van der Waals surface area contributed by atoms with Gasteiger partial charge in [-0.15, -0.1) is 0 Å². The molecule has 0 aliphatic rings. The van der Waals surface area contributed by atoms with Crippen LogP contribution in [0.4, 0.5) is 11.4 Å². The Morgan fingerprint density at radius 2 is 0.881 bits per heavy atom. The van der Waals surface area contributed by atoms with Crippen LogP contribution in [0.2, 0.25) is 0 Å². The normalized spacial score (nSPS) is 10.2. The quantitative estimate of drug-likeness (QED) is 0.152. The number of anilines is 2. The first-order valence-corrected chi connectivity index (χ1v) is 20.2. The van der Waals surface area contributed by atoms with Gasteiger partial charge in [-0.2, -0.15) is 0 Å². The molecule has 8 nitrogen and oxygen atoms in total. The first-order valence-electron chi connectivity index (χ1n) is 12.4. The summed E-state index contributed by atoms with van der Waals surface area (Å²) in [6.07, 6.45) is 0. The van der Waals surface area contributed by atoms with Gasteiger partial charge in [0, 0.05) is 0 Å². The third-order valence-corrected chi connectivity index (χ3v) is 13.7. The van der Waals surface area contributed by atoms with Crippen LogP contribution in [0.1, 0.15) is 20.7 Å². The molecule has 0 aliphatic heterocycles. The van der Waals surface area contributed by atoms with E-state index in [0.717, 1.165) is 11.4 Å². The fraction of sp³-hybridized carbons (Fsp3) is 0.0667. The van der Waals surface area contributed by atoms with E-state index >= 15 is 0 Å². The molecule has 12 heteroatoms. The summed E-state index contributed by atoms with van der Waals surface area (Å²) in [6, 6.07) is 30.3. The monoisotopic (exact) mass is 826 g/mol. The van der Waals surface area contributed by atoms with Crippen molar-refractivity contribution in [2.24, 2.45) is 0 Å². The van der Waals surface area contributed by atoms with Crippen LogP contribution in [0, 0.1) is 0 Å². The minimum atomic E-state index is -0.215. The Balaban J connectivity index is 1.20. The minimum absolute atomic E-state index is 0.215. The van der Waals surface area contributed by atoms with E-state index in [9.17, 15) is 9.59 Å². The predicted octanol–water partition coefficient (Wildman–Crippen LogP) is 1.17. The van der Waals surface area contributed by atoms with Crippen LogP contribution in [0.15, 0.2) is 97.1 Å². The molecule has 4 N–H and O–H groups in total. The molecule has 0 fully saturated rings. The molecule has 0 spiro atoms. The maximum atomic E-state index is 12.5. The summed E-state index contributed by atoms with van der Waals surface area (Å²) < 4.78 is 13.9. The van der Waals surface area contributed by atoms with Gasteiger partial charge >= 0.3 is 273 Å². The number of rotatable bonds is 13. The molecule has 0 saturated carbocycles. The number of amides is 2. The first-order chi connectivity index (χ1) is 20.3. The zero-order valence-corrected chi connectivity index (χ0v) is 29.4. The van der Waals surface area contributed by atoms with E-state index in [0.29, 0.717) is 58.2 Å². The van der Waals surface area contributed by atoms with Gasteiger partial charge in [0.1, 0.15) is 0 Å². The summed E-state index contributed by atoms with van der Waals surface area (Å²) in [7, 11) is 3.18. The van der Waals surface area contributed by atoms with Crippen molar-refractivity contribution in [2.45, 2.75) is 0 Å². The fourth-order valence-electron chi connectivity index (χ4n) is 3.44. The molecule has 0 atom stereocenters. The van der Waals surface area contributed by atoms with Gasteiger partial charge in [0.05, 0.1) is 0 Å². The fourth-order valence-corrected chi connectivity index (χ4v) is 10.3. The van der Waals surface area contributed by atoms with E-state index in [2.05, 4.69) is 76.7 Å². The molecule has 0 saturated heterocycles. The Hall–Kier alpha value is -3.16. The summed E-state index contributed by atoms with van der Waals surface area (Å²) in [5, 5.41) is 12.0. The van der Waals surface area contributed by atoms with Crippen LogP contribution >= 0.6 is 0 Å². The number of benzene rings is 4. The van der Waals surface area contributed by atoms with Crippen LogP contribution in [0.25, 0.3) is 0 Å². The molecule has 0 bridgehead atoms. The van der Waals surface area contributed by atoms with E-state index in [1.807, 2.05) is 24.3 Å². The van der Waals surface area contributed by atoms with Crippen LogP contribution < -0.4 is 39.7 Å². The number of carbonyl (C=O) groups excluding carboxylic acids is 2. The van der Waals surface area contributed by atoms with Crippen molar-refractivity contribution in [3.63, 3.8) is 0 Å². The van der Waals surface area contributed by atoms with E-state index in [-0.39, 0.29) is 11.8 Å². The number of hydrogen-bond donors (Lipinski definition) is 4. The molecule has 0 unspecified atom stereocenters. The molecular weight excluding hydrogens is 796 g/mol. The molecule has 4 rings (SSSR count). The van der Waals surface area contributed by atoms with Crippen LogP contribution in [0.3, 0.4) is 0 Å². The first kappa shape index (κ1) is 31.8. The number of methoxy groups -OCH3 is 2. The van der Waals surface area contributed by atoms with Crippen LogP contribution in [-0.2, 0) is 0 Å². The van der Waals surface area contributed by atoms with Crippen molar-refractivity contribution in [1.82, 2.24) is 10.6 Å². The van der Waals surface area contributed by atoms with Crippen LogP contribution in [-0.4, -0.2) is 92.8 Å². The second-order valence-electron chi connectivity index (χ2n) is 8.49. The maximum absolute atomic E-state index is 12.5. The van der Waals surface area contributed by atoms with Crippen LogP contribution in [0.5, 0.6) is 11.5 Å². The molecule has 0 heterocycles. The number of ether oxygens (including phenoxy) is 2. The van der Waals surface area contributed by atoms with E-state index < -0.39 is 0 Å². The average molecular weight is 822 g/mol. The predicted molar refractivity (Wildman–Crippen MR) is 173 cm³/mol. The van der Waals surface area contributed by atoms with Gasteiger partial charge < -0.3 is 0 Å². The van der Waals surface area contributed by atoms with Crippen molar-refractivity contribution in [1.29, 1.82) is 0 Å². The summed E-state index contributed by atoms with van der Waals surface area (Å²) >= 11 is 6.37. The van der Waals surface area contributed by atoms with E-state index in [1.54, 1.807) is 62.8 Å². The second kappa shape index (κ2) is 15.9. The van der Waals surface area contributed by atoms with Gasteiger partial charge in [-0.3, -0.25) is 0 Å². The Bertz CT molecular complexity index is 1430. The summed E-state index contributed by atoms with van der Waals surface area (Å²) in [5.41, 5.74) is 2.84. The Kier molecular flexibility index (Phi) is 12.0. The van der Waals surface area contributed by atoms with Crippen molar-refractivity contribution in [3.8, 4) is 11.5 Å². The van der Waals surface area contributed by atoms with Crippen molar-refractivity contribution < 1.29 is 19.1 Å². The molecule has 214 valence electrons. The molecular formula is C30H26N4O4Se4. The molecule has 42 heavy (non-hydrogen) atoms. The zero-order valence-electron chi connectivity index (χ0n) is 22.5. The molecule has 0 radical (unpaired) electrons. The SMILES string of the molecule is COc1ccc(C(=O)NC(=[Se])Nc2ccc([Se][Se]c3ccc(NC(=[Se])NC(=O)c4ccc(OC)cc4)cc3)cc2)cc1. The standard InChI is InChI=1S/C30H26N4O4Se4/c1-37-23-11-3-19(4-12-23)27(35)33-29(39)31-21-7-15-25(16-8-21)41-42-26-17-9-22(10-18-26)32-30(40)34-28(36)20-5-13-24(38-2)14-6-20/h3-18H,1-2H3,(H2,31,33,35,39)(H2,32,34,36,40). The molecule has 4 aromatic rings. The van der Waals surface area contributed by atoms with E-state index in [4.69, 9.17) is 9.47 Å². The number of carbonyl (C=O) groups is 2. The Morgan fingerprint density at radius 1 is 0.548 bits per heavy atom. The van der Waals surface area contributed by atoms with Gasteiger partial charge in [-0.05, 0) is 0 Å². The summed E-state index contributed by atoms with van der Waals surface area (Å²) in [4.78, 5) is 24.9. The third-order valence-electron chi connectivity index (χ3n) is 5.62. The van der Waals surface area contributed by atoms with Crippen molar-refractivity contribution in [2.75, 3.05) is 24.9 Å². The van der Waals surface area contributed by atoms with Gasteiger partial charge in [0.2, 0.25) is 0 Å². The second-order valence-corrected chi connectivity index (χ2v) is 16.5. The van der Waals surface area contributed by atoms with Gasteiger partial charge in [0.25, 0.3) is 0 Å². The molecule has 0 aromatic heterocycles. The molecule has 4 aromatic carbocycles. The number of hydrogen-bond acceptors (Lipinski definition) is 6. The topological polar surface area (TPSA) is 101 Å². The van der Waals surface area contributed by atoms with E-state index in [1.165, 1.54) is 8.92 Å². The van der Waals surface area contributed by atoms with Gasteiger partial charge in [-0.25, -0.2) is 0 Å². The summed E-state index contributed by atoms with van der Waals surface area (Å²) in [5.74, 6) is 0.968. The van der Waals surface area contributed by atoms with Gasteiger partial charge in [0.15, 0.2) is 0 Å². The van der Waals surface area contributed by atoms with Crippen molar-refractivity contribution >= 4 is 98.9 Å². The van der Waals surface area contributed by atoms with Crippen molar-refractivity contribution in [3.05, 3.63) is 108 Å². The van der Waals surface area contributed by atoms with Gasteiger partial charge in [-0.1, -0.05) is 0 Å². The average Bonchev–Trinajstić information content (AvgIpc) is 3.01. The molecule has 0 aliphatic carbocycles. The zero-order chi connectivity index (χ0) is 29.9. The Labute approximate surface area is 271 Å². The molecule has 2 amide bonds.